The van der Waals surface area contributed by atoms with Gasteiger partial charge in [0, 0.05) is 22.8 Å². The van der Waals surface area contributed by atoms with Gasteiger partial charge in [0.05, 0.1) is 18.4 Å². The number of halogens is 4. The number of aliphatic imine (C=N–C) groups is 1. The second kappa shape index (κ2) is 12.2. The molecular weight excluding hydrogens is 556 g/mol. The molecule has 0 bridgehead atoms. The maximum atomic E-state index is 14.1. The number of allylic oxidation sites excluding steroid dienone is 1. The molecule has 1 heterocycles. The number of methoxy groups -OCH3 is 1. The molecule has 4 rings (SSSR count). The molecule has 12 heteroatoms. The van der Waals surface area contributed by atoms with Crippen LogP contribution >= 0.6 is 0 Å². The number of ether oxygens (including phenoxy) is 1. The largest absolute Gasteiger partial charge is 0.468 e. The van der Waals surface area contributed by atoms with Crippen molar-refractivity contribution in [2.24, 2.45) is 10.7 Å². The average molecular weight is 583 g/mol. The number of para-hydroxylation sites is 1. The lowest BCUT2D eigenvalue weighted by atomic mass is 9.79. The van der Waals surface area contributed by atoms with E-state index in [1.807, 2.05) is 0 Å². The third-order valence-corrected chi connectivity index (χ3v) is 6.57. The number of carbonyl (C=O) groups excluding carboxylic acids is 3. The lowest BCUT2D eigenvalue weighted by molar-refractivity contribution is -0.145. The van der Waals surface area contributed by atoms with Gasteiger partial charge in [-0.05, 0) is 55.0 Å². The Hall–Kier alpha value is -5.00. The fraction of sp³-hybridized carbons (Fsp3) is 0.200. The molecule has 0 saturated carbocycles. The van der Waals surface area contributed by atoms with Crippen LogP contribution < -0.4 is 11.1 Å². The zero-order valence-electron chi connectivity index (χ0n) is 22.5. The second-order valence-corrected chi connectivity index (χ2v) is 9.43. The summed E-state index contributed by atoms with van der Waals surface area (Å²) in [5, 5.41) is 2.53. The zero-order valence-corrected chi connectivity index (χ0v) is 22.5. The number of likely N-dealkylation sites (tertiary alicyclic amines) is 1. The number of nitrogens with two attached hydrogens (primary N) is 1. The average Bonchev–Trinajstić information content (AvgIpc) is 2.96. The molecule has 2 atom stereocenters. The minimum Gasteiger partial charge on any atom is -0.468 e. The molecule has 3 aromatic rings. The summed E-state index contributed by atoms with van der Waals surface area (Å²) in [5.41, 5.74) is 6.12. The Kier molecular flexibility index (Phi) is 8.74. The fourth-order valence-corrected chi connectivity index (χ4v) is 4.62. The summed E-state index contributed by atoms with van der Waals surface area (Å²) in [4.78, 5) is 45.4. The number of piperidine rings is 1. The van der Waals surface area contributed by atoms with Gasteiger partial charge in [0.25, 0.3) is 11.8 Å². The molecule has 1 unspecified atom stereocenters. The van der Waals surface area contributed by atoms with Gasteiger partial charge < -0.3 is 15.8 Å². The molecule has 1 saturated heterocycles. The van der Waals surface area contributed by atoms with Crippen LogP contribution in [0.3, 0.4) is 0 Å². The van der Waals surface area contributed by atoms with E-state index in [0.717, 1.165) is 36.3 Å². The van der Waals surface area contributed by atoms with Crippen LogP contribution in [-0.4, -0.2) is 48.2 Å². The molecule has 0 radical (unpaired) electrons. The number of alkyl halides is 3. The first-order chi connectivity index (χ1) is 19.9. The topological polar surface area (TPSA) is 114 Å². The molecule has 2 amide bonds. The molecule has 1 fully saturated rings. The summed E-state index contributed by atoms with van der Waals surface area (Å²) in [7, 11) is 1.13. The monoisotopic (exact) mass is 582 g/mol. The van der Waals surface area contributed by atoms with Crippen molar-refractivity contribution in [2.75, 3.05) is 13.7 Å². The zero-order chi connectivity index (χ0) is 30.6. The van der Waals surface area contributed by atoms with E-state index in [1.165, 1.54) is 25.1 Å². The van der Waals surface area contributed by atoms with Crippen molar-refractivity contribution >= 4 is 29.3 Å². The van der Waals surface area contributed by atoms with E-state index in [2.05, 4.69) is 10.3 Å². The van der Waals surface area contributed by atoms with E-state index >= 15 is 0 Å². The van der Waals surface area contributed by atoms with Crippen molar-refractivity contribution in [2.45, 2.75) is 25.1 Å². The van der Waals surface area contributed by atoms with Crippen LogP contribution in [0.4, 0.5) is 23.2 Å². The number of hydrogen-bond donors (Lipinski definition) is 2. The number of amidine groups is 1. The highest BCUT2D eigenvalue weighted by molar-refractivity contribution is 6.16. The van der Waals surface area contributed by atoms with E-state index in [9.17, 15) is 31.9 Å². The van der Waals surface area contributed by atoms with E-state index in [0.29, 0.717) is 17.3 Å². The van der Waals surface area contributed by atoms with Crippen LogP contribution in [0, 0.1) is 5.82 Å². The van der Waals surface area contributed by atoms with Crippen molar-refractivity contribution in [3.8, 4) is 0 Å². The molecule has 0 aromatic heterocycles. The van der Waals surface area contributed by atoms with Gasteiger partial charge in [-0.2, -0.15) is 13.2 Å². The van der Waals surface area contributed by atoms with Crippen molar-refractivity contribution < 1.29 is 36.7 Å². The predicted octanol–water partition coefficient (Wildman–Crippen LogP) is 4.70. The van der Waals surface area contributed by atoms with E-state index < -0.39 is 53.8 Å². The second-order valence-electron chi connectivity index (χ2n) is 9.43. The van der Waals surface area contributed by atoms with Gasteiger partial charge in [-0.25, -0.2) is 9.38 Å². The first-order valence-electron chi connectivity index (χ1n) is 12.6. The quantitative estimate of drug-likeness (QED) is 0.323. The lowest BCUT2D eigenvalue weighted by Gasteiger charge is -2.41. The first-order valence-corrected chi connectivity index (χ1v) is 12.6. The molecule has 8 nitrogen and oxygen atoms in total. The van der Waals surface area contributed by atoms with Gasteiger partial charge in [0.15, 0.2) is 0 Å². The van der Waals surface area contributed by atoms with Gasteiger partial charge in [0.2, 0.25) is 0 Å². The Labute approximate surface area is 238 Å². The minimum atomic E-state index is -4.71. The predicted molar refractivity (Wildman–Crippen MR) is 146 cm³/mol. The smallest absolute Gasteiger partial charge is 0.416 e. The Morgan fingerprint density at radius 3 is 2.29 bits per heavy atom. The molecular formula is C30H26F4N4O4. The first kappa shape index (κ1) is 30.0. The van der Waals surface area contributed by atoms with Crippen LogP contribution in [0.15, 0.2) is 95.1 Å². The van der Waals surface area contributed by atoms with Crippen molar-refractivity contribution in [3.63, 3.8) is 0 Å². The summed E-state index contributed by atoms with van der Waals surface area (Å²) >= 11 is 0. The van der Waals surface area contributed by atoms with Crippen LogP contribution in [0.1, 0.15) is 34.3 Å². The summed E-state index contributed by atoms with van der Waals surface area (Å²) in [6, 6.07) is 15.8. The number of amides is 2. The third kappa shape index (κ3) is 6.48. The maximum Gasteiger partial charge on any atom is 0.416 e. The number of nitrogens with zero attached hydrogens (tertiary/aromatic N) is 2. The normalized spacial score (nSPS) is 19.4. The summed E-state index contributed by atoms with van der Waals surface area (Å²) in [6.07, 6.45) is -4.71. The molecule has 42 heavy (non-hydrogen) atoms. The Bertz CT molecular complexity index is 1550. The van der Waals surface area contributed by atoms with Crippen LogP contribution in [0.2, 0.25) is 0 Å². The Morgan fingerprint density at radius 1 is 1.02 bits per heavy atom. The molecule has 1 aliphatic rings. The maximum absolute atomic E-state index is 14.1. The highest BCUT2D eigenvalue weighted by Gasteiger charge is 2.47. The van der Waals surface area contributed by atoms with Crippen molar-refractivity contribution in [1.29, 1.82) is 0 Å². The third-order valence-electron chi connectivity index (χ3n) is 6.57. The van der Waals surface area contributed by atoms with Gasteiger partial charge in [0.1, 0.15) is 24.2 Å². The summed E-state index contributed by atoms with van der Waals surface area (Å²) in [5.74, 6) is -4.23. The highest BCUT2D eigenvalue weighted by Crippen LogP contribution is 2.38. The highest BCUT2D eigenvalue weighted by atomic mass is 19.4. The van der Waals surface area contributed by atoms with Gasteiger partial charge >= 0.3 is 12.1 Å². The number of esters is 1. The summed E-state index contributed by atoms with van der Waals surface area (Å²) in [6.45, 7) is 0.925. The van der Waals surface area contributed by atoms with E-state index in [1.54, 1.807) is 30.3 Å². The van der Waals surface area contributed by atoms with Crippen molar-refractivity contribution in [3.05, 3.63) is 113 Å². The Morgan fingerprint density at radius 2 is 1.69 bits per heavy atom. The number of nitrogens with one attached hydrogen (secondary N) is 1. The number of carbonyl (C=O) groups is 3. The summed E-state index contributed by atoms with van der Waals surface area (Å²) < 4.78 is 58.7. The Balaban J connectivity index is 1.90. The van der Waals surface area contributed by atoms with E-state index in [-0.39, 0.29) is 22.7 Å². The van der Waals surface area contributed by atoms with Gasteiger partial charge in [-0.1, -0.05) is 36.4 Å². The lowest BCUT2D eigenvalue weighted by Crippen LogP contribution is -2.60. The van der Waals surface area contributed by atoms with Crippen LogP contribution in [0.5, 0.6) is 0 Å². The van der Waals surface area contributed by atoms with Crippen LogP contribution in [0.25, 0.3) is 0 Å². The molecule has 3 aromatic carbocycles. The van der Waals surface area contributed by atoms with Gasteiger partial charge in [-0.15, -0.1) is 0 Å². The molecule has 3 N–H and O–H groups in total. The van der Waals surface area contributed by atoms with E-state index in [4.69, 9.17) is 10.5 Å². The minimum absolute atomic E-state index is 0.00417. The molecule has 0 aliphatic carbocycles. The fourth-order valence-electron chi connectivity index (χ4n) is 4.62. The SMILES string of the molecule is COC(=O)CN1C(=O)C(NC(=O)c2cccc(C(F)(F)F)c2)[C@@H](c2ccc(F)cc2)C(=C(C)N)C1=Nc1ccccc1. The van der Waals surface area contributed by atoms with Crippen molar-refractivity contribution in [1.82, 2.24) is 10.2 Å². The molecule has 218 valence electrons. The number of benzene rings is 3. The molecule has 1 aliphatic heterocycles. The number of rotatable bonds is 6. The number of hydrogen-bond acceptors (Lipinski definition) is 6. The van der Waals surface area contributed by atoms with Gasteiger partial charge in [-0.3, -0.25) is 19.3 Å². The van der Waals surface area contributed by atoms with Crippen LogP contribution in [-0.2, 0) is 20.5 Å². The standard InChI is InChI=1S/C30H26F4N4O4/c1-17(35)24-25(18-11-13-21(31)14-12-18)26(37-28(40)19-7-6-8-20(15-19)30(32,33)34)29(41)38(16-23(39)42-2)27(24)36-22-9-4-3-5-10-22/h3-15,25-26H,16,35H2,1-2H3,(H,37,40)/t25-,26?/m0/s1. The molecule has 0 spiro atoms.